The summed E-state index contributed by atoms with van der Waals surface area (Å²) < 4.78 is 0. The Labute approximate surface area is 117 Å². The summed E-state index contributed by atoms with van der Waals surface area (Å²) in [7, 11) is 0. The Morgan fingerprint density at radius 2 is 1.57 bits per heavy atom. The normalized spacial score (nSPS) is 10.5. The lowest BCUT2D eigenvalue weighted by Crippen LogP contribution is -1.98. The molecule has 0 aliphatic carbocycles. The highest BCUT2D eigenvalue weighted by Gasteiger charge is 2.06. The van der Waals surface area contributed by atoms with Crippen LogP contribution < -0.4 is 5.43 Å². The Morgan fingerprint density at radius 1 is 1.00 bits per heavy atom. The van der Waals surface area contributed by atoms with E-state index in [1.165, 1.54) is 30.5 Å². The molecule has 0 aliphatic rings. The van der Waals surface area contributed by atoms with Crippen LogP contribution in [-0.2, 0) is 0 Å². The standard InChI is InChI=1S/C11H8N6O4/c18-16(19)9-3-1-8(2-4-9)5-14-15-11-12-6-10(7-13-11)17(20)21/h1-7H,(H,12,13,15). The van der Waals surface area contributed by atoms with Gasteiger partial charge in [-0.05, 0) is 17.7 Å². The van der Waals surface area contributed by atoms with E-state index in [4.69, 9.17) is 0 Å². The molecule has 2 rings (SSSR count). The number of benzene rings is 1. The summed E-state index contributed by atoms with van der Waals surface area (Å²) in [6, 6.07) is 5.76. The molecule has 1 N–H and O–H groups in total. The summed E-state index contributed by atoms with van der Waals surface area (Å²) >= 11 is 0. The zero-order valence-corrected chi connectivity index (χ0v) is 10.4. The number of rotatable bonds is 5. The number of non-ortho nitro benzene ring substituents is 1. The third-order valence-electron chi connectivity index (χ3n) is 2.33. The quantitative estimate of drug-likeness (QED) is 0.502. The van der Waals surface area contributed by atoms with Gasteiger partial charge >= 0.3 is 5.69 Å². The molecule has 0 amide bonds. The van der Waals surface area contributed by atoms with Gasteiger partial charge in [-0.15, -0.1) is 0 Å². The second-order valence-electron chi connectivity index (χ2n) is 3.74. The molecule has 0 bridgehead atoms. The van der Waals surface area contributed by atoms with Crippen molar-refractivity contribution in [3.63, 3.8) is 0 Å². The molecule has 2 aromatic rings. The van der Waals surface area contributed by atoms with Gasteiger partial charge in [0.15, 0.2) is 0 Å². The van der Waals surface area contributed by atoms with Crippen LogP contribution in [0.3, 0.4) is 0 Å². The average Bonchev–Trinajstić information content (AvgIpc) is 2.48. The third-order valence-corrected chi connectivity index (χ3v) is 2.33. The first-order chi connectivity index (χ1) is 10.1. The molecule has 0 saturated carbocycles. The molecule has 10 heteroatoms. The van der Waals surface area contributed by atoms with Crippen LogP contribution >= 0.6 is 0 Å². The third kappa shape index (κ3) is 3.76. The van der Waals surface area contributed by atoms with Crippen molar-refractivity contribution in [2.24, 2.45) is 5.10 Å². The monoisotopic (exact) mass is 288 g/mol. The maximum absolute atomic E-state index is 10.5. The Morgan fingerprint density at radius 3 is 2.10 bits per heavy atom. The van der Waals surface area contributed by atoms with Gasteiger partial charge in [0.25, 0.3) is 5.69 Å². The summed E-state index contributed by atoms with van der Waals surface area (Å²) in [6.45, 7) is 0. The maximum atomic E-state index is 10.5. The highest BCUT2D eigenvalue weighted by molar-refractivity contribution is 5.80. The number of hydrazone groups is 1. The Bertz CT molecular complexity index is 683. The molecule has 0 radical (unpaired) electrons. The van der Waals surface area contributed by atoms with Crippen LogP contribution in [0.2, 0.25) is 0 Å². The molecule has 0 spiro atoms. The lowest BCUT2D eigenvalue weighted by atomic mass is 10.2. The number of nitrogens with zero attached hydrogens (tertiary/aromatic N) is 5. The summed E-state index contributed by atoms with van der Waals surface area (Å²) in [5.41, 5.74) is 2.88. The molecule has 1 heterocycles. The van der Waals surface area contributed by atoms with Gasteiger partial charge in [0.1, 0.15) is 12.4 Å². The molecule has 1 aromatic heterocycles. The van der Waals surface area contributed by atoms with Crippen molar-refractivity contribution in [3.05, 3.63) is 62.5 Å². The number of nitrogens with one attached hydrogen (secondary N) is 1. The lowest BCUT2D eigenvalue weighted by Gasteiger charge is -1.97. The number of nitro benzene ring substituents is 1. The number of hydrogen-bond donors (Lipinski definition) is 1. The van der Waals surface area contributed by atoms with Crippen LogP contribution in [0.1, 0.15) is 5.56 Å². The Hall–Kier alpha value is -3.43. The molecular formula is C11H8N6O4. The first-order valence-corrected chi connectivity index (χ1v) is 5.56. The van der Waals surface area contributed by atoms with Gasteiger partial charge < -0.3 is 0 Å². The minimum atomic E-state index is -0.607. The summed E-state index contributed by atoms with van der Waals surface area (Å²) in [5.74, 6) is 0.0961. The first-order valence-electron chi connectivity index (χ1n) is 5.56. The van der Waals surface area contributed by atoms with Gasteiger partial charge in [0.2, 0.25) is 5.95 Å². The molecule has 0 atom stereocenters. The number of aromatic nitrogens is 2. The van der Waals surface area contributed by atoms with Crippen LogP contribution in [0.5, 0.6) is 0 Å². The summed E-state index contributed by atoms with van der Waals surface area (Å²) in [6.07, 6.45) is 3.52. The topological polar surface area (TPSA) is 136 Å². The average molecular weight is 288 g/mol. The SMILES string of the molecule is O=[N+]([O-])c1ccc(C=NNc2ncc([N+](=O)[O-])cn2)cc1. The van der Waals surface area contributed by atoms with E-state index in [1.807, 2.05) is 0 Å². The smallest absolute Gasteiger partial charge is 0.258 e. The van der Waals surface area contributed by atoms with Crippen molar-refractivity contribution in [1.82, 2.24) is 9.97 Å². The highest BCUT2D eigenvalue weighted by atomic mass is 16.6. The number of anilines is 1. The van der Waals surface area contributed by atoms with Gasteiger partial charge in [-0.2, -0.15) is 5.10 Å². The van der Waals surface area contributed by atoms with Crippen molar-refractivity contribution < 1.29 is 9.85 Å². The number of nitro groups is 2. The van der Waals surface area contributed by atoms with Crippen LogP contribution in [0.4, 0.5) is 17.3 Å². The van der Waals surface area contributed by atoms with E-state index >= 15 is 0 Å². The zero-order chi connectivity index (χ0) is 15.2. The molecule has 0 unspecified atom stereocenters. The second-order valence-corrected chi connectivity index (χ2v) is 3.74. The Balaban J connectivity index is 1.98. The molecule has 10 nitrogen and oxygen atoms in total. The fourth-order valence-corrected chi connectivity index (χ4v) is 1.32. The second kappa shape index (κ2) is 6.14. The van der Waals surface area contributed by atoms with Crippen molar-refractivity contribution in [2.75, 3.05) is 5.43 Å². The summed E-state index contributed by atoms with van der Waals surface area (Å²) in [4.78, 5) is 27.2. The van der Waals surface area contributed by atoms with E-state index in [1.54, 1.807) is 0 Å². The van der Waals surface area contributed by atoms with E-state index < -0.39 is 9.85 Å². The fraction of sp³-hybridized carbons (Fsp3) is 0. The van der Waals surface area contributed by atoms with Crippen LogP contribution in [0.25, 0.3) is 0 Å². The van der Waals surface area contributed by atoms with Crippen molar-refractivity contribution in [2.45, 2.75) is 0 Å². The van der Waals surface area contributed by atoms with Crippen LogP contribution in [0.15, 0.2) is 41.8 Å². The van der Waals surface area contributed by atoms with E-state index in [0.29, 0.717) is 5.56 Å². The van der Waals surface area contributed by atoms with Crippen molar-refractivity contribution >= 4 is 23.5 Å². The predicted octanol–water partition coefficient (Wildman–Crippen LogP) is 1.74. The molecule has 0 aliphatic heterocycles. The zero-order valence-electron chi connectivity index (χ0n) is 10.4. The van der Waals surface area contributed by atoms with Crippen molar-refractivity contribution in [3.8, 4) is 0 Å². The lowest BCUT2D eigenvalue weighted by molar-refractivity contribution is -0.385. The van der Waals surface area contributed by atoms with Crippen LogP contribution in [0, 0.1) is 20.2 Å². The Kier molecular flexibility index (Phi) is 4.09. The maximum Gasteiger partial charge on any atom is 0.305 e. The minimum Gasteiger partial charge on any atom is -0.258 e. The fourth-order valence-electron chi connectivity index (χ4n) is 1.32. The molecule has 21 heavy (non-hydrogen) atoms. The van der Waals surface area contributed by atoms with Crippen molar-refractivity contribution in [1.29, 1.82) is 0 Å². The van der Waals surface area contributed by atoms with Gasteiger partial charge in [0, 0.05) is 12.1 Å². The molecule has 106 valence electrons. The molecule has 1 aromatic carbocycles. The van der Waals surface area contributed by atoms with Gasteiger partial charge in [-0.25, -0.2) is 15.4 Å². The van der Waals surface area contributed by atoms with Crippen LogP contribution in [-0.4, -0.2) is 26.0 Å². The molecule has 0 saturated heterocycles. The molecular weight excluding hydrogens is 280 g/mol. The van der Waals surface area contributed by atoms with E-state index in [0.717, 1.165) is 12.4 Å². The van der Waals surface area contributed by atoms with Gasteiger partial charge in [0.05, 0.1) is 16.1 Å². The predicted molar refractivity (Wildman–Crippen MR) is 73.0 cm³/mol. The first kappa shape index (κ1) is 14.0. The van der Waals surface area contributed by atoms with E-state index in [9.17, 15) is 20.2 Å². The van der Waals surface area contributed by atoms with E-state index in [-0.39, 0.29) is 17.3 Å². The van der Waals surface area contributed by atoms with Gasteiger partial charge in [-0.1, -0.05) is 0 Å². The minimum absolute atomic E-state index is 0.0150. The van der Waals surface area contributed by atoms with E-state index in [2.05, 4.69) is 20.5 Å². The number of hydrogen-bond acceptors (Lipinski definition) is 8. The van der Waals surface area contributed by atoms with Gasteiger partial charge in [-0.3, -0.25) is 20.2 Å². The highest BCUT2D eigenvalue weighted by Crippen LogP contribution is 2.11. The summed E-state index contributed by atoms with van der Waals surface area (Å²) in [5, 5.41) is 24.7. The largest absolute Gasteiger partial charge is 0.305 e. The molecule has 0 fully saturated rings.